The molecular formula is C18H24F3N3O3. The van der Waals surface area contributed by atoms with Crippen LogP contribution >= 0.6 is 0 Å². The Labute approximate surface area is 155 Å². The van der Waals surface area contributed by atoms with Gasteiger partial charge in [-0.15, -0.1) is 0 Å². The molecule has 1 aliphatic rings. The van der Waals surface area contributed by atoms with Crippen LogP contribution in [0.25, 0.3) is 0 Å². The Bertz CT molecular complexity index is 681. The molecule has 0 bridgehead atoms. The van der Waals surface area contributed by atoms with Gasteiger partial charge in [0.25, 0.3) is 5.91 Å². The van der Waals surface area contributed by atoms with Gasteiger partial charge in [-0.2, -0.15) is 13.2 Å². The van der Waals surface area contributed by atoms with Gasteiger partial charge in [0.05, 0.1) is 12.0 Å². The van der Waals surface area contributed by atoms with Crippen molar-refractivity contribution < 1.29 is 27.5 Å². The van der Waals surface area contributed by atoms with E-state index >= 15 is 0 Å². The lowest BCUT2D eigenvalue weighted by Gasteiger charge is -2.35. The number of ether oxygens (including phenoxy) is 1. The lowest BCUT2D eigenvalue weighted by atomic mass is 9.78. The summed E-state index contributed by atoms with van der Waals surface area (Å²) in [5.74, 6) is -1.07. The van der Waals surface area contributed by atoms with E-state index in [4.69, 9.17) is 4.74 Å². The summed E-state index contributed by atoms with van der Waals surface area (Å²) in [6.45, 7) is 1.99. The summed E-state index contributed by atoms with van der Waals surface area (Å²) in [6.07, 6.45) is -3.27. The molecule has 1 aromatic rings. The van der Waals surface area contributed by atoms with Gasteiger partial charge in [0.1, 0.15) is 6.54 Å². The molecule has 1 aromatic carbocycles. The van der Waals surface area contributed by atoms with Crippen molar-refractivity contribution >= 4 is 17.5 Å². The van der Waals surface area contributed by atoms with Gasteiger partial charge in [-0.05, 0) is 50.6 Å². The van der Waals surface area contributed by atoms with Crippen LogP contribution < -0.4 is 16.0 Å². The number of nitrogens with one attached hydrogen (secondary N) is 3. The molecule has 1 saturated heterocycles. The third-order valence-electron chi connectivity index (χ3n) is 4.66. The molecule has 0 saturated carbocycles. The highest BCUT2D eigenvalue weighted by atomic mass is 19.4. The van der Waals surface area contributed by atoms with E-state index < -0.39 is 24.0 Å². The molecule has 1 fully saturated rings. The predicted molar refractivity (Wildman–Crippen MR) is 94.6 cm³/mol. The van der Waals surface area contributed by atoms with Crippen LogP contribution in [0.2, 0.25) is 0 Å². The Balaban J connectivity index is 2.15. The number of carbonyl (C=O) groups is 2. The average Bonchev–Trinajstić information content (AvgIpc) is 2.62. The van der Waals surface area contributed by atoms with Crippen molar-refractivity contribution in [2.75, 3.05) is 38.7 Å². The van der Waals surface area contributed by atoms with Crippen LogP contribution in [0.1, 0.15) is 28.8 Å². The SMILES string of the molecule is COCC1(C(=O)Nc2cc(C(=O)NCC(F)(F)F)ccc2C)CCNCC1. The summed E-state index contributed by atoms with van der Waals surface area (Å²) in [5, 5.41) is 7.85. The van der Waals surface area contributed by atoms with Gasteiger partial charge in [0.15, 0.2) is 0 Å². The summed E-state index contributed by atoms with van der Waals surface area (Å²) in [5.41, 5.74) is 0.471. The Morgan fingerprint density at radius 3 is 2.52 bits per heavy atom. The van der Waals surface area contributed by atoms with Gasteiger partial charge in [0, 0.05) is 18.4 Å². The van der Waals surface area contributed by atoms with Gasteiger partial charge in [0.2, 0.25) is 5.91 Å². The molecule has 2 rings (SSSR count). The summed E-state index contributed by atoms with van der Waals surface area (Å²) in [4.78, 5) is 24.9. The van der Waals surface area contributed by atoms with Crippen molar-refractivity contribution in [2.45, 2.75) is 25.9 Å². The molecule has 1 heterocycles. The topological polar surface area (TPSA) is 79.5 Å². The molecule has 3 N–H and O–H groups in total. The third kappa shape index (κ3) is 5.67. The fourth-order valence-electron chi connectivity index (χ4n) is 3.05. The minimum absolute atomic E-state index is 0.0475. The maximum Gasteiger partial charge on any atom is 0.405 e. The molecule has 0 aromatic heterocycles. The molecule has 0 unspecified atom stereocenters. The normalized spacial score (nSPS) is 16.6. The number of amides is 2. The number of hydrogen-bond donors (Lipinski definition) is 3. The minimum atomic E-state index is -4.49. The number of benzene rings is 1. The van der Waals surface area contributed by atoms with Gasteiger partial charge in [-0.25, -0.2) is 0 Å². The van der Waals surface area contributed by atoms with Gasteiger partial charge < -0.3 is 20.7 Å². The van der Waals surface area contributed by atoms with E-state index in [9.17, 15) is 22.8 Å². The lowest BCUT2D eigenvalue weighted by molar-refractivity contribution is -0.130. The second-order valence-electron chi connectivity index (χ2n) is 6.75. The summed E-state index contributed by atoms with van der Waals surface area (Å²) >= 11 is 0. The van der Waals surface area contributed by atoms with Gasteiger partial charge in [-0.3, -0.25) is 9.59 Å². The van der Waals surface area contributed by atoms with Crippen molar-refractivity contribution in [3.63, 3.8) is 0 Å². The van der Waals surface area contributed by atoms with E-state index in [1.165, 1.54) is 19.2 Å². The molecular weight excluding hydrogens is 363 g/mol. The van der Waals surface area contributed by atoms with Crippen LogP contribution in [0.4, 0.5) is 18.9 Å². The van der Waals surface area contributed by atoms with Crippen LogP contribution in [0, 0.1) is 12.3 Å². The Kier molecular flexibility index (Phi) is 6.83. The van der Waals surface area contributed by atoms with Gasteiger partial charge >= 0.3 is 6.18 Å². The monoisotopic (exact) mass is 387 g/mol. The number of rotatable bonds is 6. The van der Waals surface area contributed by atoms with Crippen LogP contribution in [-0.2, 0) is 9.53 Å². The van der Waals surface area contributed by atoms with Crippen molar-refractivity contribution in [1.29, 1.82) is 0 Å². The van der Waals surface area contributed by atoms with E-state index in [0.29, 0.717) is 37.2 Å². The molecule has 0 aliphatic carbocycles. The zero-order valence-corrected chi connectivity index (χ0v) is 15.3. The summed E-state index contributed by atoms with van der Waals surface area (Å²) in [6, 6.07) is 4.40. The number of methoxy groups -OCH3 is 1. The maximum absolute atomic E-state index is 12.9. The molecule has 0 spiro atoms. The second-order valence-corrected chi connectivity index (χ2v) is 6.75. The van der Waals surface area contributed by atoms with Crippen molar-refractivity contribution in [3.05, 3.63) is 29.3 Å². The van der Waals surface area contributed by atoms with Crippen LogP contribution in [0.5, 0.6) is 0 Å². The average molecular weight is 387 g/mol. The largest absolute Gasteiger partial charge is 0.405 e. The Morgan fingerprint density at radius 1 is 1.26 bits per heavy atom. The molecule has 6 nitrogen and oxygen atoms in total. The highest BCUT2D eigenvalue weighted by Gasteiger charge is 2.39. The first-order valence-corrected chi connectivity index (χ1v) is 8.64. The fraction of sp³-hybridized carbons (Fsp3) is 0.556. The van der Waals surface area contributed by atoms with Crippen molar-refractivity contribution in [3.8, 4) is 0 Å². The second kappa shape index (κ2) is 8.71. The summed E-state index contributed by atoms with van der Waals surface area (Å²) in [7, 11) is 1.54. The maximum atomic E-state index is 12.9. The molecule has 0 radical (unpaired) electrons. The standard InChI is InChI=1S/C18H24F3N3O3/c1-12-3-4-13(15(25)23-10-18(19,20)21)9-14(12)24-16(26)17(11-27-2)5-7-22-8-6-17/h3-4,9,22H,5-8,10-11H2,1-2H3,(H,23,25)(H,24,26). The van der Waals surface area contributed by atoms with Crippen LogP contribution in [0.15, 0.2) is 18.2 Å². The van der Waals surface area contributed by atoms with E-state index in [0.717, 1.165) is 0 Å². The zero-order valence-electron chi connectivity index (χ0n) is 15.3. The fourth-order valence-corrected chi connectivity index (χ4v) is 3.05. The number of piperidine rings is 1. The molecule has 27 heavy (non-hydrogen) atoms. The first-order chi connectivity index (χ1) is 12.7. The van der Waals surface area contributed by atoms with Crippen molar-refractivity contribution in [2.24, 2.45) is 5.41 Å². The summed E-state index contributed by atoms with van der Waals surface area (Å²) < 4.78 is 42.1. The Hall–Kier alpha value is -2.13. The first-order valence-electron chi connectivity index (χ1n) is 8.64. The minimum Gasteiger partial charge on any atom is -0.384 e. The lowest BCUT2D eigenvalue weighted by Crippen LogP contribution is -2.47. The number of aryl methyl sites for hydroxylation is 1. The smallest absolute Gasteiger partial charge is 0.384 e. The van der Waals surface area contributed by atoms with E-state index in [1.54, 1.807) is 13.0 Å². The molecule has 150 valence electrons. The van der Waals surface area contributed by atoms with E-state index in [1.807, 2.05) is 5.32 Å². The van der Waals surface area contributed by atoms with Crippen LogP contribution in [0.3, 0.4) is 0 Å². The van der Waals surface area contributed by atoms with Crippen molar-refractivity contribution in [1.82, 2.24) is 10.6 Å². The van der Waals surface area contributed by atoms with Crippen LogP contribution in [-0.4, -0.2) is 51.3 Å². The Morgan fingerprint density at radius 2 is 1.93 bits per heavy atom. The van der Waals surface area contributed by atoms with E-state index in [2.05, 4.69) is 10.6 Å². The molecule has 1 aliphatic heterocycles. The van der Waals surface area contributed by atoms with E-state index in [-0.39, 0.29) is 18.1 Å². The molecule has 2 amide bonds. The molecule has 9 heteroatoms. The number of carbonyl (C=O) groups excluding carboxylic acids is 2. The number of halogens is 3. The third-order valence-corrected chi connectivity index (χ3v) is 4.66. The number of alkyl halides is 3. The highest BCUT2D eigenvalue weighted by Crippen LogP contribution is 2.31. The molecule has 0 atom stereocenters. The quantitative estimate of drug-likeness (QED) is 0.700. The first kappa shape index (κ1) is 21.2. The predicted octanol–water partition coefficient (Wildman–Crippen LogP) is 2.24. The zero-order chi connectivity index (χ0) is 20.1. The number of hydrogen-bond acceptors (Lipinski definition) is 4. The highest BCUT2D eigenvalue weighted by molar-refractivity contribution is 5.99. The number of anilines is 1. The van der Waals surface area contributed by atoms with Gasteiger partial charge in [-0.1, -0.05) is 6.07 Å².